The van der Waals surface area contributed by atoms with Crippen molar-refractivity contribution in [1.29, 1.82) is 0 Å². The quantitative estimate of drug-likeness (QED) is 0.781. The summed E-state index contributed by atoms with van der Waals surface area (Å²) in [6.45, 7) is 5.85. The highest BCUT2D eigenvalue weighted by molar-refractivity contribution is 5.85. The van der Waals surface area contributed by atoms with Crippen LogP contribution in [0.15, 0.2) is 12.4 Å². The molecule has 1 aliphatic rings. The lowest BCUT2D eigenvalue weighted by Crippen LogP contribution is -2.55. The second kappa shape index (κ2) is 6.91. The van der Waals surface area contributed by atoms with Crippen molar-refractivity contribution in [3.05, 3.63) is 18.2 Å². The van der Waals surface area contributed by atoms with Gasteiger partial charge < -0.3 is 15.6 Å². The highest BCUT2D eigenvalue weighted by Crippen LogP contribution is 2.29. The van der Waals surface area contributed by atoms with Crippen LogP contribution in [0.2, 0.25) is 0 Å². The maximum atomic E-state index is 12.1. The number of H-pyrrole nitrogens is 1. The summed E-state index contributed by atoms with van der Waals surface area (Å²) in [6, 6.07) is -0.0807. The second-order valence-corrected chi connectivity index (χ2v) is 5.56. The van der Waals surface area contributed by atoms with E-state index >= 15 is 0 Å². The molecule has 6 heteroatoms. The van der Waals surface area contributed by atoms with Crippen LogP contribution in [0.5, 0.6) is 0 Å². The van der Waals surface area contributed by atoms with Gasteiger partial charge in [0.1, 0.15) is 5.82 Å². The average molecular weight is 287 g/mol. The first kappa shape index (κ1) is 16.0. The Bertz CT molecular complexity index is 391. The number of hydrogen-bond donors (Lipinski definition) is 3. The Morgan fingerprint density at radius 2 is 2.37 bits per heavy atom. The van der Waals surface area contributed by atoms with Crippen molar-refractivity contribution < 1.29 is 4.79 Å². The van der Waals surface area contributed by atoms with Crippen molar-refractivity contribution in [1.82, 2.24) is 20.6 Å². The molecular formula is C13H23ClN4O. The highest BCUT2D eigenvalue weighted by Gasteiger charge is 2.36. The molecule has 1 fully saturated rings. The van der Waals surface area contributed by atoms with Crippen LogP contribution in [0.25, 0.3) is 0 Å². The van der Waals surface area contributed by atoms with Gasteiger partial charge in [0.05, 0.1) is 6.04 Å². The largest absolute Gasteiger partial charge is 0.354 e. The van der Waals surface area contributed by atoms with Gasteiger partial charge in [-0.1, -0.05) is 13.8 Å². The lowest BCUT2D eigenvalue weighted by molar-refractivity contribution is -0.126. The van der Waals surface area contributed by atoms with Crippen molar-refractivity contribution in [2.75, 3.05) is 13.1 Å². The molecule has 1 saturated heterocycles. The van der Waals surface area contributed by atoms with Gasteiger partial charge in [0, 0.05) is 25.4 Å². The molecular weight excluding hydrogens is 264 g/mol. The molecule has 1 unspecified atom stereocenters. The third-order valence-corrected chi connectivity index (χ3v) is 3.61. The van der Waals surface area contributed by atoms with Crippen LogP contribution < -0.4 is 10.6 Å². The molecule has 1 aromatic rings. The smallest absolute Gasteiger partial charge is 0.237 e. The number of hydrogen-bond acceptors (Lipinski definition) is 3. The number of amides is 1. The highest BCUT2D eigenvalue weighted by atomic mass is 35.5. The van der Waals surface area contributed by atoms with Gasteiger partial charge in [-0.2, -0.15) is 0 Å². The van der Waals surface area contributed by atoms with Gasteiger partial charge in [-0.25, -0.2) is 4.98 Å². The molecule has 1 aromatic heterocycles. The van der Waals surface area contributed by atoms with Crippen molar-refractivity contribution >= 4 is 18.3 Å². The zero-order valence-corrected chi connectivity index (χ0v) is 12.3. The maximum Gasteiger partial charge on any atom is 0.237 e. The fraction of sp³-hybridized carbons (Fsp3) is 0.692. The molecule has 5 nitrogen and oxygen atoms in total. The summed E-state index contributed by atoms with van der Waals surface area (Å²) in [5.74, 6) is 1.01. The van der Waals surface area contributed by atoms with Gasteiger partial charge in [-0.3, -0.25) is 4.79 Å². The fourth-order valence-corrected chi connectivity index (χ4v) is 2.50. The summed E-state index contributed by atoms with van der Waals surface area (Å²) < 4.78 is 0. The molecule has 2 heterocycles. The Morgan fingerprint density at radius 3 is 3.00 bits per heavy atom. The van der Waals surface area contributed by atoms with Gasteiger partial charge in [0.2, 0.25) is 5.91 Å². The zero-order valence-electron chi connectivity index (χ0n) is 11.5. The first-order chi connectivity index (χ1) is 8.59. The maximum absolute atomic E-state index is 12.1. The summed E-state index contributed by atoms with van der Waals surface area (Å²) in [6.07, 6.45) is 6.50. The molecule has 1 atom stereocenters. The molecule has 0 spiro atoms. The van der Waals surface area contributed by atoms with Crippen LogP contribution in [-0.2, 0) is 11.2 Å². The van der Waals surface area contributed by atoms with Crippen LogP contribution in [-0.4, -0.2) is 35.0 Å². The lowest BCUT2D eigenvalue weighted by Gasteiger charge is -2.38. The molecule has 2 rings (SSSR count). The number of aromatic nitrogens is 2. The number of halogens is 1. The van der Waals surface area contributed by atoms with E-state index in [0.29, 0.717) is 6.54 Å². The third-order valence-electron chi connectivity index (χ3n) is 3.61. The van der Waals surface area contributed by atoms with Crippen molar-refractivity contribution in [3.63, 3.8) is 0 Å². The molecule has 0 radical (unpaired) electrons. The Labute approximate surface area is 120 Å². The van der Waals surface area contributed by atoms with Gasteiger partial charge in [0.15, 0.2) is 0 Å². The second-order valence-electron chi connectivity index (χ2n) is 5.56. The fourth-order valence-electron chi connectivity index (χ4n) is 2.50. The van der Waals surface area contributed by atoms with E-state index in [-0.39, 0.29) is 29.8 Å². The molecule has 19 heavy (non-hydrogen) atoms. The average Bonchev–Trinajstić information content (AvgIpc) is 2.81. The molecule has 3 N–H and O–H groups in total. The summed E-state index contributed by atoms with van der Waals surface area (Å²) in [5, 5.41) is 6.30. The Morgan fingerprint density at radius 1 is 1.58 bits per heavy atom. The van der Waals surface area contributed by atoms with Gasteiger partial charge >= 0.3 is 0 Å². The molecule has 0 aliphatic carbocycles. The van der Waals surface area contributed by atoms with Gasteiger partial charge in [-0.05, 0) is 24.8 Å². The lowest BCUT2D eigenvalue weighted by atomic mass is 9.77. The number of aromatic amines is 1. The molecule has 0 bridgehead atoms. The van der Waals surface area contributed by atoms with Gasteiger partial charge in [0.25, 0.3) is 0 Å². The van der Waals surface area contributed by atoms with E-state index in [9.17, 15) is 4.79 Å². The molecule has 1 amide bonds. The van der Waals surface area contributed by atoms with Crippen LogP contribution in [0.3, 0.4) is 0 Å². The first-order valence-corrected chi connectivity index (χ1v) is 6.59. The van der Waals surface area contributed by atoms with E-state index in [1.807, 2.05) is 0 Å². The Hall–Kier alpha value is -1.07. The molecule has 1 aliphatic heterocycles. The summed E-state index contributed by atoms with van der Waals surface area (Å²) >= 11 is 0. The van der Waals surface area contributed by atoms with E-state index in [1.54, 1.807) is 12.4 Å². The Kier molecular flexibility index (Phi) is 5.82. The number of nitrogens with zero attached hydrogens (tertiary/aromatic N) is 1. The zero-order chi connectivity index (χ0) is 13.0. The summed E-state index contributed by atoms with van der Waals surface area (Å²) in [4.78, 5) is 19.3. The van der Waals surface area contributed by atoms with Crippen LogP contribution in [0.1, 0.15) is 32.5 Å². The number of carbonyl (C=O) groups excluding carboxylic acids is 1. The Balaban J connectivity index is 0.00000180. The number of rotatable bonds is 4. The number of carbonyl (C=O) groups is 1. The molecule has 0 aromatic carbocycles. The minimum atomic E-state index is -0.0807. The van der Waals surface area contributed by atoms with Crippen molar-refractivity contribution in [2.24, 2.45) is 5.41 Å². The minimum absolute atomic E-state index is 0. The number of piperidine rings is 1. The van der Waals surface area contributed by atoms with Crippen molar-refractivity contribution in [2.45, 2.75) is 39.2 Å². The van der Waals surface area contributed by atoms with E-state index in [2.05, 4.69) is 34.4 Å². The first-order valence-electron chi connectivity index (χ1n) is 6.59. The van der Waals surface area contributed by atoms with Gasteiger partial charge in [-0.15, -0.1) is 12.4 Å². The SMILES string of the molecule is CC1(C)CCCNC1C(=O)NCCc1ncc[nH]1.Cl. The van der Waals surface area contributed by atoms with Crippen molar-refractivity contribution in [3.8, 4) is 0 Å². The summed E-state index contributed by atoms with van der Waals surface area (Å²) in [5.41, 5.74) is 0.0347. The minimum Gasteiger partial charge on any atom is -0.354 e. The summed E-state index contributed by atoms with van der Waals surface area (Å²) in [7, 11) is 0. The standard InChI is InChI=1S/C13H22N4O.ClH/c1-13(2)5-3-6-16-11(13)12(18)17-7-4-10-14-8-9-15-10;/h8-9,11,16H,3-7H2,1-2H3,(H,14,15)(H,17,18);1H. The molecule has 108 valence electrons. The van der Waals surface area contributed by atoms with Crippen LogP contribution in [0, 0.1) is 5.41 Å². The van der Waals surface area contributed by atoms with E-state index in [0.717, 1.165) is 31.6 Å². The van der Waals surface area contributed by atoms with E-state index in [1.165, 1.54) is 0 Å². The third kappa shape index (κ3) is 4.21. The van der Waals surface area contributed by atoms with Crippen LogP contribution in [0.4, 0.5) is 0 Å². The monoisotopic (exact) mass is 286 g/mol. The predicted molar refractivity (Wildman–Crippen MR) is 77.4 cm³/mol. The predicted octanol–water partition coefficient (Wildman–Crippen LogP) is 1.27. The number of imidazole rings is 1. The van der Waals surface area contributed by atoms with Crippen LogP contribution >= 0.6 is 12.4 Å². The van der Waals surface area contributed by atoms with E-state index in [4.69, 9.17) is 0 Å². The number of nitrogens with one attached hydrogen (secondary N) is 3. The van der Waals surface area contributed by atoms with E-state index < -0.39 is 0 Å². The normalized spacial score (nSPS) is 21.5. The topological polar surface area (TPSA) is 69.8 Å². The molecule has 0 saturated carbocycles.